The maximum absolute atomic E-state index is 12.9. The maximum atomic E-state index is 12.9. The molecule has 0 aliphatic rings. The number of benzene rings is 2. The number of ether oxygens (including phenoxy) is 1. The summed E-state index contributed by atoms with van der Waals surface area (Å²) in [6, 6.07) is 12.5. The van der Waals surface area contributed by atoms with Crippen molar-refractivity contribution in [3.05, 3.63) is 70.8 Å². The Morgan fingerprint density at radius 1 is 0.958 bits per heavy atom. The fourth-order valence-electron chi connectivity index (χ4n) is 2.55. The van der Waals surface area contributed by atoms with Gasteiger partial charge in [-0.05, 0) is 29.7 Å². The van der Waals surface area contributed by atoms with Crippen LogP contribution < -0.4 is 0 Å². The summed E-state index contributed by atoms with van der Waals surface area (Å²) in [4.78, 5) is 12.0. The first-order valence-corrected chi connectivity index (χ1v) is 7.83. The van der Waals surface area contributed by atoms with E-state index < -0.39 is 23.3 Å². The monoisotopic (exact) mass is 336 g/mol. The van der Waals surface area contributed by atoms with E-state index in [-0.39, 0.29) is 6.61 Å². The summed E-state index contributed by atoms with van der Waals surface area (Å²) in [5.41, 5.74) is 0.802. The van der Waals surface area contributed by atoms with Gasteiger partial charge in [0.05, 0.1) is 17.7 Å². The van der Waals surface area contributed by atoms with Crippen LogP contribution in [0.3, 0.4) is 0 Å². The molecule has 0 fully saturated rings. The van der Waals surface area contributed by atoms with Crippen LogP contribution in [-0.2, 0) is 23.8 Å². The highest BCUT2D eigenvalue weighted by atomic mass is 19.4. The molecule has 0 aliphatic heterocycles. The predicted octanol–water partition coefficient (Wildman–Crippen LogP) is 5.06. The zero-order valence-electron chi connectivity index (χ0n) is 13.4. The first kappa shape index (κ1) is 18.0. The average Bonchev–Trinajstić information content (AvgIpc) is 2.56. The Hall–Kier alpha value is -2.30. The van der Waals surface area contributed by atoms with Crippen molar-refractivity contribution >= 4 is 5.97 Å². The van der Waals surface area contributed by atoms with Crippen LogP contribution in [0.4, 0.5) is 13.2 Å². The van der Waals surface area contributed by atoms with Crippen molar-refractivity contribution in [2.24, 2.45) is 0 Å². The van der Waals surface area contributed by atoms with Crippen molar-refractivity contribution in [2.45, 2.75) is 32.4 Å². The minimum atomic E-state index is -4.58. The number of hydrogen-bond donors (Lipinski definition) is 0. The van der Waals surface area contributed by atoms with Crippen molar-refractivity contribution in [1.29, 1.82) is 0 Å². The lowest BCUT2D eigenvalue weighted by atomic mass is 10.0. The molecular weight excluding hydrogens is 317 g/mol. The van der Waals surface area contributed by atoms with Crippen LogP contribution in [0.2, 0.25) is 0 Å². The molecule has 0 unspecified atom stereocenters. The van der Waals surface area contributed by atoms with Gasteiger partial charge in [-0.2, -0.15) is 13.2 Å². The van der Waals surface area contributed by atoms with Crippen LogP contribution >= 0.6 is 0 Å². The molecule has 2 rings (SSSR count). The Bertz CT molecular complexity index is 693. The highest BCUT2D eigenvalue weighted by molar-refractivity contribution is 5.91. The van der Waals surface area contributed by atoms with E-state index in [1.807, 2.05) is 24.3 Å². The molecule has 128 valence electrons. The number of halogens is 3. The van der Waals surface area contributed by atoms with Gasteiger partial charge in [-0.3, -0.25) is 0 Å². The van der Waals surface area contributed by atoms with Crippen molar-refractivity contribution < 1.29 is 22.7 Å². The zero-order valence-corrected chi connectivity index (χ0v) is 13.4. The van der Waals surface area contributed by atoms with E-state index >= 15 is 0 Å². The Kier molecular flexibility index (Phi) is 6.01. The SMILES string of the molecule is CCCc1ccccc1CCOC(=O)c1ccccc1C(F)(F)F. The fraction of sp³-hybridized carbons (Fsp3) is 0.316. The normalized spacial score (nSPS) is 11.3. The molecule has 0 radical (unpaired) electrons. The molecule has 0 aromatic heterocycles. The Morgan fingerprint density at radius 2 is 1.54 bits per heavy atom. The van der Waals surface area contributed by atoms with Crippen LogP contribution in [0, 0.1) is 0 Å². The third-order valence-corrected chi connectivity index (χ3v) is 3.69. The molecule has 0 saturated heterocycles. The number of hydrogen-bond acceptors (Lipinski definition) is 2. The second-order valence-electron chi connectivity index (χ2n) is 5.45. The molecule has 0 atom stereocenters. The van der Waals surface area contributed by atoms with Gasteiger partial charge in [0.15, 0.2) is 0 Å². The predicted molar refractivity (Wildman–Crippen MR) is 85.9 cm³/mol. The highest BCUT2D eigenvalue weighted by Gasteiger charge is 2.35. The van der Waals surface area contributed by atoms with E-state index in [1.54, 1.807) is 0 Å². The molecule has 5 heteroatoms. The van der Waals surface area contributed by atoms with Crippen LogP contribution in [0.5, 0.6) is 0 Å². The fourth-order valence-corrected chi connectivity index (χ4v) is 2.55. The van der Waals surface area contributed by atoms with Crippen LogP contribution in [-0.4, -0.2) is 12.6 Å². The first-order chi connectivity index (χ1) is 11.4. The van der Waals surface area contributed by atoms with Crippen molar-refractivity contribution in [1.82, 2.24) is 0 Å². The average molecular weight is 336 g/mol. The summed E-state index contributed by atoms with van der Waals surface area (Å²) in [7, 11) is 0. The summed E-state index contributed by atoms with van der Waals surface area (Å²) in [6.45, 7) is 2.12. The van der Waals surface area contributed by atoms with E-state index in [0.717, 1.165) is 30.5 Å². The van der Waals surface area contributed by atoms with Crippen molar-refractivity contribution in [3.63, 3.8) is 0 Å². The number of alkyl halides is 3. The number of aryl methyl sites for hydroxylation is 1. The Balaban J connectivity index is 2.03. The molecule has 0 aliphatic carbocycles. The van der Waals surface area contributed by atoms with E-state index in [4.69, 9.17) is 4.74 Å². The maximum Gasteiger partial charge on any atom is 0.417 e. The summed E-state index contributed by atoms with van der Waals surface area (Å²) in [5.74, 6) is -0.948. The van der Waals surface area contributed by atoms with Crippen LogP contribution in [0.25, 0.3) is 0 Å². The second-order valence-corrected chi connectivity index (χ2v) is 5.45. The van der Waals surface area contributed by atoms with Gasteiger partial charge >= 0.3 is 12.1 Å². The number of carbonyl (C=O) groups excluding carboxylic acids is 1. The van der Waals surface area contributed by atoms with Gasteiger partial charge in [-0.15, -0.1) is 0 Å². The lowest BCUT2D eigenvalue weighted by molar-refractivity contribution is -0.138. The minimum absolute atomic E-state index is 0.0474. The largest absolute Gasteiger partial charge is 0.462 e. The summed E-state index contributed by atoms with van der Waals surface area (Å²) in [5, 5.41) is 0. The van der Waals surface area contributed by atoms with Crippen molar-refractivity contribution in [3.8, 4) is 0 Å². The minimum Gasteiger partial charge on any atom is -0.462 e. The van der Waals surface area contributed by atoms with Crippen LogP contribution in [0.15, 0.2) is 48.5 Å². The van der Waals surface area contributed by atoms with E-state index in [1.165, 1.54) is 17.7 Å². The molecule has 0 amide bonds. The third-order valence-electron chi connectivity index (χ3n) is 3.69. The summed E-state index contributed by atoms with van der Waals surface area (Å²) >= 11 is 0. The molecule has 0 bridgehead atoms. The van der Waals surface area contributed by atoms with Gasteiger partial charge in [0, 0.05) is 6.42 Å². The lowest BCUT2D eigenvalue weighted by Gasteiger charge is -2.13. The molecule has 2 nitrogen and oxygen atoms in total. The summed E-state index contributed by atoms with van der Waals surface area (Å²) < 4.78 is 43.8. The third kappa shape index (κ3) is 4.60. The topological polar surface area (TPSA) is 26.3 Å². The smallest absolute Gasteiger partial charge is 0.417 e. The standard InChI is InChI=1S/C19H19F3O2/c1-2-7-14-8-3-4-9-15(14)12-13-24-18(23)16-10-5-6-11-17(16)19(20,21)22/h3-6,8-11H,2,7,12-13H2,1H3. The van der Waals surface area contributed by atoms with E-state index in [9.17, 15) is 18.0 Å². The number of esters is 1. The van der Waals surface area contributed by atoms with Gasteiger partial charge in [0.2, 0.25) is 0 Å². The van der Waals surface area contributed by atoms with Crippen LogP contribution in [0.1, 0.15) is 40.4 Å². The molecule has 24 heavy (non-hydrogen) atoms. The van der Waals surface area contributed by atoms with Gasteiger partial charge in [0.25, 0.3) is 0 Å². The second kappa shape index (κ2) is 7.99. The number of carbonyl (C=O) groups is 1. The molecule has 0 heterocycles. The highest BCUT2D eigenvalue weighted by Crippen LogP contribution is 2.32. The Labute approximate surface area is 139 Å². The molecule has 0 saturated carbocycles. The van der Waals surface area contributed by atoms with Gasteiger partial charge in [0.1, 0.15) is 0 Å². The Morgan fingerprint density at radius 3 is 2.17 bits per heavy atom. The van der Waals surface area contributed by atoms with E-state index in [0.29, 0.717) is 6.42 Å². The molecular formula is C19H19F3O2. The quantitative estimate of drug-likeness (QED) is 0.690. The van der Waals surface area contributed by atoms with E-state index in [2.05, 4.69) is 6.92 Å². The number of rotatable bonds is 6. The van der Waals surface area contributed by atoms with Gasteiger partial charge < -0.3 is 4.74 Å². The van der Waals surface area contributed by atoms with Crippen molar-refractivity contribution in [2.75, 3.05) is 6.61 Å². The molecule has 0 N–H and O–H groups in total. The van der Waals surface area contributed by atoms with Gasteiger partial charge in [-0.1, -0.05) is 49.7 Å². The zero-order chi connectivity index (χ0) is 17.6. The molecule has 2 aromatic rings. The summed E-state index contributed by atoms with van der Waals surface area (Å²) in [6.07, 6.45) is -2.18. The molecule has 0 spiro atoms. The van der Waals surface area contributed by atoms with Gasteiger partial charge in [-0.25, -0.2) is 4.79 Å². The molecule has 2 aromatic carbocycles. The lowest BCUT2D eigenvalue weighted by Crippen LogP contribution is -2.16. The first-order valence-electron chi connectivity index (χ1n) is 7.83.